The van der Waals surface area contributed by atoms with Gasteiger partial charge in [0.15, 0.2) is 11.4 Å². The van der Waals surface area contributed by atoms with Crippen LogP contribution < -0.4 is 32.7 Å². The Bertz CT molecular complexity index is 1780. The normalized spacial score (nSPS) is 34.2. The predicted molar refractivity (Wildman–Crippen MR) is 193 cm³/mol. The molecule has 20 heteroatoms. The molecule has 290 valence electrons. The number of primary amides is 2. The maximum atomic E-state index is 14.0. The molecule has 0 unspecified atom stereocenters. The van der Waals surface area contributed by atoms with Gasteiger partial charge in [-0.05, 0) is 13.8 Å². The standard InChI is InChI=1S/C34H42N8O10S2/c1-13-21(27(45)19-15(11-51-31(35)47)33(49-3)29-17(39-29)9-41(33)23(19)25(13)43)37-5-7-53-54-8-6-38-22-14(2)26(44)24-20(28(22)46)16(12-52-32(36)48)34(50-4)30-18(40-30)10-42(24)34/h15-18,29-30,37-40H,5-12H2,1-4H3,(H2,35,47)(H2,36,48)/t15-,16+,17-,18-,29+,30+,33-,34-/m1/s1. The molecule has 0 saturated carbocycles. The number of fused-ring (bicyclic) bond motifs is 8. The summed E-state index contributed by atoms with van der Waals surface area (Å²) in [7, 11) is 6.13. The number of piperazine rings is 2. The molecule has 4 fully saturated rings. The fourth-order valence-corrected chi connectivity index (χ4v) is 11.4. The van der Waals surface area contributed by atoms with Crippen LogP contribution in [0.1, 0.15) is 13.8 Å². The highest BCUT2D eigenvalue weighted by atomic mass is 33.1. The van der Waals surface area contributed by atoms with E-state index >= 15 is 0 Å². The fraction of sp³-hybridized carbons (Fsp3) is 0.588. The summed E-state index contributed by atoms with van der Waals surface area (Å²) in [6.07, 6.45) is -1.96. The molecule has 4 saturated heterocycles. The van der Waals surface area contributed by atoms with Crippen molar-refractivity contribution in [3.05, 3.63) is 45.1 Å². The Kier molecular flexibility index (Phi) is 9.08. The summed E-state index contributed by atoms with van der Waals surface area (Å²) in [4.78, 5) is 82.3. The van der Waals surface area contributed by atoms with Gasteiger partial charge in [-0.15, -0.1) is 0 Å². The maximum absolute atomic E-state index is 14.0. The van der Waals surface area contributed by atoms with Gasteiger partial charge in [-0.25, -0.2) is 9.59 Å². The number of nitrogens with two attached hydrogens (primary N) is 2. The summed E-state index contributed by atoms with van der Waals surface area (Å²) in [5, 5.41) is 13.0. The second kappa shape index (κ2) is 13.3. The highest BCUT2D eigenvalue weighted by Crippen LogP contribution is 2.57. The minimum absolute atomic E-state index is 0.0990. The van der Waals surface area contributed by atoms with Gasteiger partial charge < -0.3 is 61.5 Å². The molecule has 0 bridgehead atoms. The molecule has 0 spiro atoms. The average molecular weight is 787 g/mol. The van der Waals surface area contributed by atoms with E-state index < -0.39 is 35.5 Å². The Balaban J connectivity index is 0.855. The van der Waals surface area contributed by atoms with E-state index in [-0.39, 0.29) is 83.1 Å². The van der Waals surface area contributed by atoms with E-state index in [1.54, 1.807) is 13.8 Å². The van der Waals surface area contributed by atoms with Gasteiger partial charge in [0.2, 0.25) is 23.1 Å². The predicted octanol–water partition coefficient (Wildman–Crippen LogP) is -1.65. The highest BCUT2D eigenvalue weighted by Gasteiger charge is 2.74. The zero-order valence-corrected chi connectivity index (χ0v) is 31.7. The summed E-state index contributed by atoms with van der Waals surface area (Å²) in [5.74, 6) is -1.51. The van der Waals surface area contributed by atoms with Gasteiger partial charge in [0.25, 0.3) is 0 Å². The van der Waals surface area contributed by atoms with Crippen LogP contribution in [-0.2, 0) is 38.1 Å². The topological polar surface area (TPSA) is 266 Å². The number of hydrogen-bond acceptors (Lipinski definition) is 18. The van der Waals surface area contributed by atoms with Crippen molar-refractivity contribution in [2.75, 3.05) is 65.1 Å². The number of ether oxygens (including phenoxy) is 4. The Morgan fingerprint density at radius 1 is 0.722 bits per heavy atom. The van der Waals surface area contributed by atoms with Crippen molar-refractivity contribution in [1.29, 1.82) is 0 Å². The van der Waals surface area contributed by atoms with E-state index in [1.165, 1.54) is 35.8 Å². The van der Waals surface area contributed by atoms with Crippen molar-refractivity contribution in [2.45, 2.75) is 49.5 Å². The molecule has 18 nitrogen and oxygen atoms in total. The van der Waals surface area contributed by atoms with Gasteiger partial charge >= 0.3 is 12.2 Å². The molecule has 0 radical (unpaired) electrons. The second-order valence-electron chi connectivity index (χ2n) is 14.3. The van der Waals surface area contributed by atoms with E-state index in [9.17, 15) is 28.8 Å². The lowest BCUT2D eigenvalue weighted by molar-refractivity contribution is -0.137. The van der Waals surface area contributed by atoms with E-state index in [0.717, 1.165) is 0 Å². The van der Waals surface area contributed by atoms with Crippen LogP contribution in [-0.4, -0.2) is 146 Å². The number of nitrogens with one attached hydrogen (secondary N) is 4. The van der Waals surface area contributed by atoms with Gasteiger partial charge in [0, 0.05) is 86.3 Å². The first-order valence-corrected chi connectivity index (χ1v) is 20.2. The molecule has 54 heavy (non-hydrogen) atoms. The summed E-state index contributed by atoms with van der Waals surface area (Å²) in [5.41, 5.74) is 10.6. The molecule has 2 aliphatic carbocycles. The van der Waals surface area contributed by atoms with Crippen molar-refractivity contribution in [3.63, 3.8) is 0 Å². The third-order valence-corrected chi connectivity index (χ3v) is 14.3. The molecule has 0 aromatic rings. The highest BCUT2D eigenvalue weighted by molar-refractivity contribution is 8.76. The third kappa shape index (κ3) is 5.16. The first-order chi connectivity index (χ1) is 25.8. The number of amides is 2. The summed E-state index contributed by atoms with van der Waals surface area (Å²) >= 11 is 0. The molecular formula is C34H42N8O10S2. The number of rotatable bonds is 15. The number of allylic oxidation sites excluding steroid dienone is 4. The number of Topliss-reactive ketones (excluding diaryl/α,β-unsaturated/α-hetero) is 4. The van der Waals surface area contributed by atoms with Crippen LogP contribution in [0, 0.1) is 11.8 Å². The Morgan fingerprint density at radius 3 is 1.46 bits per heavy atom. The van der Waals surface area contributed by atoms with E-state index in [4.69, 9.17) is 30.4 Å². The van der Waals surface area contributed by atoms with Crippen LogP contribution in [0.5, 0.6) is 0 Å². The number of carbonyl (C=O) groups is 6. The maximum Gasteiger partial charge on any atom is 0.404 e. The molecular weight excluding hydrogens is 745 g/mol. The first kappa shape index (κ1) is 36.9. The van der Waals surface area contributed by atoms with E-state index in [0.29, 0.717) is 60.2 Å². The van der Waals surface area contributed by atoms with Gasteiger partial charge in [0.1, 0.15) is 13.2 Å². The van der Waals surface area contributed by atoms with Gasteiger partial charge in [0.05, 0.1) is 46.7 Å². The third-order valence-electron chi connectivity index (χ3n) is 11.9. The quantitative estimate of drug-likeness (QED) is 0.0470. The summed E-state index contributed by atoms with van der Waals surface area (Å²) < 4.78 is 22.4. The zero-order valence-electron chi connectivity index (χ0n) is 30.1. The Morgan fingerprint density at radius 2 is 1.11 bits per heavy atom. The molecule has 0 aromatic heterocycles. The average Bonchev–Trinajstić information content (AvgIpc) is 3.97. The van der Waals surface area contributed by atoms with Crippen LogP contribution >= 0.6 is 21.6 Å². The van der Waals surface area contributed by atoms with Gasteiger partial charge in [-0.1, -0.05) is 21.6 Å². The van der Waals surface area contributed by atoms with E-state index in [2.05, 4.69) is 21.3 Å². The van der Waals surface area contributed by atoms with Crippen LogP contribution in [0.2, 0.25) is 0 Å². The van der Waals surface area contributed by atoms with Crippen molar-refractivity contribution in [3.8, 4) is 0 Å². The number of hydrogen-bond donors (Lipinski definition) is 6. The first-order valence-electron chi connectivity index (χ1n) is 17.7. The summed E-state index contributed by atoms with van der Waals surface area (Å²) in [6.45, 7) is 4.57. The Labute approximate surface area is 317 Å². The molecule has 0 aromatic carbocycles. The number of nitrogens with zero attached hydrogens (tertiary/aromatic N) is 2. The van der Waals surface area contributed by atoms with Crippen molar-refractivity contribution in [2.24, 2.45) is 23.3 Å². The van der Waals surface area contributed by atoms with Crippen LogP contribution in [0.25, 0.3) is 0 Å². The van der Waals surface area contributed by atoms with Crippen LogP contribution in [0.15, 0.2) is 45.1 Å². The second-order valence-corrected chi connectivity index (χ2v) is 17.0. The molecule has 2 amide bonds. The lowest BCUT2D eigenvalue weighted by atomic mass is 9.82. The van der Waals surface area contributed by atoms with Crippen LogP contribution in [0.4, 0.5) is 9.59 Å². The Hall–Kier alpha value is -4.08. The smallest absolute Gasteiger partial charge is 0.404 e. The molecule has 8 aliphatic rings. The monoisotopic (exact) mass is 786 g/mol. The van der Waals surface area contributed by atoms with E-state index in [1.807, 2.05) is 9.80 Å². The largest absolute Gasteiger partial charge is 0.449 e. The lowest BCUT2D eigenvalue weighted by Crippen LogP contribution is -2.55. The zero-order chi connectivity index (χ0) is 38.4. The van der Waals surface area contributed by atoms with Crippen LogP contribution in [0.3, 0.4) is 0 Å². The lowest BCUT2D eigenvalue weighted by Gasteiger charge is -2.39. The number of ketones is 4. The summed E-state index contributed by atoms with van der Waals surface area (Å²) in [6, 6.07) is -0.0663. The minimum Gasteiger partial charge on any atom is -0.449 e. The van der Waals surface area contributed by atoms with Crippen molar-refractivity contribution in [1.82, 2.24) is 31.1 Å². The minimum atomic E-state index is -1.05. The van der Waals surface area contributed by atoms with Crippen molar-refractivity contribution >= 4 is 56.9 Å². The van der Waals surface area contributed by atoms with Crippen molar-refractivity contribution < 1.29 is 47.7 Å². The molecule has 6 heterocycles. The molecule has 8 rings (SSSR count). The molecule has 8 atom stereocenters. The number of methoxy groups -OCH3 is 2. The fourth-order valence-electron chi connectivity index (χ4n) is 9.56. The number of carbonyl (C=O) groups excluding carboxylic acids is 6. The van der Waals surface area contributed by atoms with Gasteiger partial charge in [-0.3, -0.25) is 19.2 Å². The van der Waals surface area contributed by atoms with Gasteiger partial charge in [-0.2, -0.15) is 0 Å². The SMILES string of the molecule is CO[C@@]12[C@H](COC(N)=O)C3=C(C(=O)C(C)=C(NCCSSCCNC4=C(C)C(=O)C5=C(C4=O)[C@H](COC(N)=O)[C@@]4(OC)[C@H]6N[C@@H]6CN54)C3=O)N1C[C@H]1N[C@@H]12. The molecule has 6 aliphatic heterocycles. The molecule has 8 N–H and O–H groups in total.